The second-order valence-electron chi connectivity index (χ2n) is 3.53. The molecule has 1 aliphatic heterocycles. The summed E-state index contributed by atoms with van der Waals surface area (Å²) in [5, 5.41) is 6.96. The van der Waals surface area contributed by atoms with E-state index in [2.05, 4.69) is 35.0 Å². The highest BCUT2D eigenvalue weighted by Gasteiger charge is 2.20. The monoisotopic (exact) mass is 189 g/mol. The first kappa shape index (κ1) is 7.54. The van der Waals surface area contributed by atoms with E-state index in [4.69, 9.17) is 0 Å². The van der Waals surface area contributed by atoms with Crippen molar-refractivity contribution in [3.63, 3.8) is 0 Å². The SMILES string of the molecule is c1cc(C2CNC2)c2ccsc2c1. The highest BCUT2D eigenvalue weighted by atomic mass is 32.1. The molecule has 1 aliphatic rings. The molecule has 2 heteroatoms. The third-order valence-electron chi connectivity index (χ3n) is 2.75. The van der Waals surface area contributed by atoms with Crippen LogP contribution in [0.4, 0.5) is 0 Å². The average Bonchev–Trinajstić information content (AvgIpc) is 2.49. The fourth-order valence-corrected chi connectivity index (χ4v) is 2.70. The molecule has 1 fully saturated rings. The third kappa shape index (κ3) is 1.10. The Kier molecular flexibility index (Phi) is 1.64. The molecule has 1 aromatic carbocycles. The van der Waals surface area contributed by atoms with E-state index in [9.17, 15) is 0 Å². The number of rotatable bonds is 1. The summed E-state index contributed by atoms with van der Waals surface area (Å²) in [6.07, 6.45) is 0. The minimum Gasteiger partial charge on any atom is -0.315 e. The predicted octanol–water partition coefficient (Wildman–Crippen LogP) is 2.59. The number of benzene rings is 1. The fraction of sp³-hybridized carbons (Fsp3) is 0.273. The Hall–Kier alpha value is -0.860. The fourth-order valence-electron chi connectivity index (χ4n) is 1.88. The summed E-state index contributed by atoms with van der Waals surface area (Å²) in [4.78, 5) is 0. The van der Waals surface area contributed by atoms with Crippen molar-refractivity contribution in [3.05, 3.63) is 35.2 Å². The van der Waals surface area contributed by atoms with Gasteiger partial charge in [0.1, 0.15) is 0 Å². The molecule has 2 heterocycles. The van der Waals surface area contributed by atoms with Gasteiger partial charge in [-0.2, -0.15) is 0 Å². The first-order chi connectivity index (χ1) is 6.45. The van der Waals surface area contributed by atoms with Crippen molar-refractivity contribution < 1.29 is 0 Å². The van der Waals surface area contributed by atoms with E-state index < -0.39 is 0 Å². The summed E-state index contributed by atoms with van der Waals surface area (Å²) in [5.41, 5.74) is 1.53. The number of fused-ring (bicyclic) bond motifs is 1. The van der Waals surface area contributed by atoms with Gasteiger partial charge in [0.25, 0.3) is 0 Å². The van der Waals surface area contributed by atoms with Gasteiger partial charge in [0.15, 0.2) is 0 Å². The van der Waals surface area contributed by atoms with Crippen LogP contribution in [-0.4, -0.2) is 13.1 Å². The summed E-state index contributed by atoms with van der Waals surface area (Å²) in [5.74, 6) is 0.748. The van der Waals surface area contributed by atoms with E-state index >= 15 is 0 Å². The Balaban J connectivity index is 2.20. The van der Waals surface area contributed by atoms with Gasteiger partial charge in [0, 0.05) is 23.7 Å². The molecular formula is C11H11NS. The molecule has 1 nitrogen and oxygen atoms in total. The Morgan fingerprint density at radius 1 is 1.23 bits per heavy atom. The lowest BCUT2D eigenvalue weighted by Gasteiger charge is -2.28. The number of hydrogen-bond acceptors (Lipinski definition) is 2. The molecule has 3 rings (SSSR count). The van der Waals surface area contributed by atoms with Gasteiger partial charge in [-0.25, -0.2) is 0 Å². The van der Waals surface area contributed by atoms with Crippen LogP contribution in [0.5, 0.6) is 0 Å². The van der Waals surface area contributed by atoms with Gasteiger partial charge in [0.05, 0.1) is 0 Å². The molecule has 1 N–H and O–H groups in total. The molecule has 0 unspecified atom stereocenters. The van der Waals surface area contributed by atoms with Crippen molar-refractivity contribution in [2.24, 2.45) is 0 Å². The molecule has 1 saturated heterocycles. The van der Waals surface area contributed by atoms with Crippen LogP contribution >= 0.6 is 11.3 Å². The van der Waals surface area contributed by atoms with Crippen LogP contribution in [0, 0.1) is 0 Å². The van der Waals surface area contributed by atoms with Crippen LogP contribution < -0.4 is 5.32 Å². The van der Waals surface area contributed by atoms with E-state index in [0.717, 1.165) is 19.0 Å². The topological polar surface area (TPSA) is 12.0 Å². The van der Waals surface area contributed by atoms with Crippen molar-refractivity contribution >= 4 is 21.4 Å². The minimum absolute atomic E-state index is 0.748. The van der Waals surface area contributed by atoms with Gasteiger partial charge in [-0.15, -0.1) is 11.3 Å². The van der Waals surface area contributed by atoms with Crippen LogP contribution in [-0.2, 0) is 0 Å². The molecule has 2 aromatic rings. The molecule has 13 heavy (non-hydrogen) atoms. The highest BCUT2D eigenvalue weighted by Crippen LogP contribution is 2.30. The van der Waals surface area contributed by atoms with Gasteiger partial charge in [-0.05, 0) is 28.5 Å². The van der Waals surface area contributed by atoms with Gasteiger partial charge in [-0.3, -0.25) is 0 Å². The van der Waals surface area contributed by atoms with Gasteiger partial charge >= 0.3 is 0 Å². The Morgan fingerprint density at radius 2 is 2.15 bits per heavy atom. The minimum atomic E-state index is 0.748. The lowest BCUT2D eigenvalue weighted by atomic mass is 9.91. The highest BCUT2D eigenvalue weighted by molar-refractivity contribution is 7.17. The zero-order valence-corrected chi connectivity index (χ0v) is 8.10. The largest absolute Gasteiger partial charge is 0.315 e. The van der Waals surface area contributed by atoms with Gasteiger partial charge in [0.2, 0.25) is 0 Å². The molecule has 1 aromatic heterocycles. The van der Waals surface area contributed by atoms with Crippen molar-refractivity contribution in [2.45, 2.75) is 5.92 Å². The summed E-state index contributed by atoms with van der Waals surface area (Å²) in [7, 11) is 0. The number of nitrogens with one attached hydrogen (secondary N) is 1. The molecule has 0 spiro atoms. The Bertz CT molecular complexity index is 428. The molecular weight excluding hydrogens is 178 g/mol. The van der Waals surface area contributed by atoms with Crippen molar-refractivity contribution in [3.8, 4) is 0 Å². The van der Waals surface area contributed by atoms with Crippen LogP contribution in [0.15, 0.2) is 29.6 Å². The van der Waals surface area contributed by atoms with E-state index in [1.807, 2.05) is 11.3 Å². The second kappa shape index (κ2) is 2.82. The summed E-state index contributed by atoms with van der Waals surface area (Å²) >= 11 is 1.83. The maximum absolute atomic E-state index is 3.32. The Morgan fingerprint density at radius 3 is 2.92 bits per heavy atom. The zero-order valence-electron chi connectivity index (χ0n) is 7.29. The summed E-state index contributed by atoms with van der Waals surface area (Å²) < 4.78 is 1.42. The Labute approximate surface area is 81.4 Å². The number of thiophene rings is 1. The zero-order chi connectivity index (χ0) is 8.67. The van der Waals surface area contributed by atoms with Gasteiger partial charge in [-0.1, -0.05) is 12.1 Å². The standard InChI is InChI=1S/C11H11NS/c1-2-9(8-6-12-7-8)10-4-5-13-11(10)3-1/h1-5,8,12H,6-7H2. The van der Waals surface area contributed by atoms with E-state index in [1.54, 1.807) is 0 Å². The van der Waals surface area contributed by atoms with E-state index in [-0.39, 0.29) is 0 Å². The quantitative estimate of drug-likeness (QED) is 0.727. The van der Waals surface area contributed by atoms with Crippen LogP contribution in [0.25, 0.3) is 10.1 Å². The molecule has 0 aliphatic carbocycles. The molecule has 0 amide bonds. The molecule has 0 atom stereocenters. The van der Waals surface area contributed by atoms with E-state index in [1.165, 1.54) is 15.6 Å². The summed E-state index contributed by atoms with van der Waals surface area (Å²) in [6, 6.07) is 8.89. The smallest absolute Gasteiger partial charge is 0.0345 e. The third-order valence-corrected chi connectivity index (χ3v) is 3.63. The van der Waals surface area contributed by atoms with Crippen molar-refractivity contribution in [1.82, 2.24) is 5.32 Å². The first-order valence-corrected chi connectivity index (χ1v) is 5.50. The first-order valence-electron chi connectivity index (χ1n) is 4.62. The second-order valence-corrected chi connectivity index (χ2v) is 4.48. The molecule has 0 saturated carbocycles. The lowest BCUT2D eigenvalue weighted by Crippen LogP contribution is -2.39. The van der Waals surface area contributed by atoms with Gasteiger partial charge < -0.3 is 5.32 Å². The molecule has 0 bridgehead atoms. The predicted molar refractivity (Wildman–Crippen MR) is 57.4 cm³/mol. The molecule has 0 radical (unpaired) electrons. The number of hydrogen-bond donors (Lipinski definition) is 1. The molecule has 66 valence electrons. The lowest BCUT2D eigenvalue weighted by molar-refractivity contribution is 0.451. The normalized spacial score (nSPS) is 17.5. The van der Waals surface area contributed by atoms with E-state index in [0.29, 0.717) is 0 Å². The maximum Gasteiger partial charge on any atom is 0.0345 e. The van der Waals surface area contributed by atoms with Crippen LogP contribution in [0.1, 0.15) is 11.5 Å². The van der Waals surface area contributed by atoms with Crippen molar-refractivity contribution in [1.29, 1.82) is 0 Å². The summed E-state index contributed by atoms with van der Waals surface area (Å²) in [6.45, 7) is 2.30. The average molecular weight is 189 g/mol. The maximum atomic E-state index is 3.32. The van der Waals surface area contributed by atoms with Crippen LogP contribution in [0.3, 0.4) is 0 Å². The van der Waals surface area contributed by atoms with Crippen LogP contribution in [0.2, 0.25) is 0 Å². The van der Waals surface area contributed by atoms with Crippen molar-refractivity contribution in [2.75, 3.05) is 13.1 Å².